The predicted molar refractivity (Wildman–Crippen MR) is 90.7 cm³/mol. The number of carbonyl (C=O) groups excluding carboxylic acids is 2. The van der Waals surface area contributed by atoms with Crippen molar-refractivity contribution in [1.29, 1.82) is 0 Å². The molecule has 0 aliphatic rings. The van der Waals surface area contributed by atoms with E-state index in [1.807, 2.05) is 36.6 Å². The molecular weight excluding hydrogens is 312 g/mol. The number of primary amides is 1. The molecule has 3 N–H and O–H groups in total. The minimum atomic E-state index is -0.449. The maximum atomic E-state index is 11.9. The Balaban J connectivity index is 1.93. The zero-order chi connectivity index (χ0) is 16.7. The van der Waals surface area contributed by atoms with Crippen LogP contribution >= 0.6 is 11.3 Å². The van der Waals surface area contributed by atoms with Crippen molar-refractivity contribution in [3.05, 3.63) is 52.2 Å². The van der Waals surface area contributed by atoms with Crippen LogP contribution in [0.4, 0.5) is 0 Å². The molecule has 2 rings (SSSR count). The van der Waals surface area contributed by atoms with E-state index in [1.165, 1.54) is 11.3 Å². The van der Waals surface area contributed by atoms with Gasteiger partial charge in [-0.1, -0.05) is 12.1 Å². The van der Waals surface area contributed by atoms with Crippen molar-refractivity contribution in [1.82, 2.24) is 5.32 Å². The molecule has 0 radical (unpaired) electrons. The van der Waals surface area contributed by atoms with Gasteiger partial charge in [0.15, 0.2) is 0 Å². The van der Waals surface area contributed by atoms with Crippen LogP contribution in [-0.2, 0) is 11.2 Å². The monoisotopic (exact) mass is 332 g/mol. The summed E-state index contributed by atoms with van der Waals surface area (Å²) in [5.41, 5.74) is 7.02. The molecule has 2 aromatic rings. The van der Waals surface area contributed by atoms with Crippen molar-refractivity contribution < 1.29 is 14.3 Å². The molecule has 0 unspecified atom stereocenters. The number of ether oxygens (including phenoxy) is 1. The Morgan fingerprint density at radius 2 is 2.00 bits per heavy atom. The van der Waals surface area contributed by atoms with Crippen molar-refractivity contribution in [3.8, 4) is 5.75 Å². The molecule has 23 heavy (non-hydrogen) atoms. The summed E-state index contributed by atoms with van der Waals surface area (Å²) in [7, 11) is 0. The van der Waals surface area contributed by atoms with Gasteiger partial charge in [0, 0.05) is 17.5 Å². The normalized spacial score (nSPS) is 11.7. The summed E-state index contributed by atoms with van der Waals surface area (Å²) in [4.78, 5) is 23.5. The van der Waals surface area contributed by atoms with Gasteiger partial charge in [0.05, 0.1) is 12.5 Å². The van der Waals surface area contributed by atoms with Crippen LogP contribution in [0, 0.1) is 5.92 Å². The third-order valence-electron chi connectivity index (χ3n) is 3.41. The number of nitrogens with one attached hydrogen (secondary N) is 1. The zero-order valence-corrected chi connectivity index (χ0v) is 13.8. The van der Waals surface area contributed by atoms with Crippen molar-refractivity contribution in [2.45, 2.75) is 13.3 Å². The lowest BCUT2D eigenvalue weighted by Crippen LogP contribution is -2.37. The van der Waals surface area contributed by atoms with Crippen LogP contribution in [0.3, 0.4) is 0 Å². The molecule has 1 atom stereocenters. The van der Waals surface area contributed by atoms with Crippen molar-refractivity contribution in [3.63, 3.8) is 0 Å². The molecule has 0 saturated carbocycles. The molecule has 122 valence electrons. The Labute approximate surface area is 139 Å². The van der Waals surface area contributed by atoms with Crippen molar-refractivity contribution in [2.75, 3.05) is 13.2 Å². The second kappa shape index (κ2) is 8.33. The van der Waals surface area contributed by atoms with E-state index in [-0.39, 0.29) is 12.5 Å². The van der Waals surface area contributed by atoms with Crippen LogP contribution in [-0.4, -0.2) is 25.0 Å². The lowest BCUT2D eigenvalue weighted by molar-refractivity contribution is -0.121. The number of carbonyl (C=O) groups is 2. The molecule has 1 heterocycles. The molecule has 0 spiro atoms. The largest absolute Gasteiger partial charge is 0.494 e. The van der Waals surface area contributed by atoms with Gasteiger partial charge in [-0.15, -0.1) is 0 Å². The minimum Gasteiger partial charge on any atom is -0.494 e. The first-order chi connectivity index (χ1) is 11.1. The van der Waals surface area contributed by atoms with Gasteiger partial charge in [0.2, 0.25) is 5.91 Å². The Morgan fingerprint density at radius 1 is 1.26 bits per heavy atom. The number of benzene rings is 1. The van der Waals surface area contributed by atoms with Gasteiger partial charge in [0.1, 0.15) is 5.75 Å². The van der Waals surface area contributed by atoms with E-state index in [9.17, 15) is 9.59 Å². The topological polar surface area (TPSA) is 81.4 Å². The molecule has 1 aromatic carbocycles. The Morgan fingerprint density at radius 3 is 2.57 bits per heavy atom. The Hall–Kier alpha value is -2.34. The maximum Gasteiger partial charge on any atom is 0.252 e. The predicted octanol–water partition coefficient (Wildman–Crippen LogP) is 2.22. The molecular formula is C17H20N2O3S. The Bertz CT molecular complexity index is 638. The van der Waals surface area contributed by atoms with E-state index in [2.05, 4.69) is 5.32 Å². The van der Waals surface area contributed by atoms with Crippen molar-refractivity contribution in [2.24, 2.45) is 11.7 Å². The van der Waals surface area contributed by atoms with Gasteiger partial charge in [-0.25, -0.2) is 0 Å². The highest BCUT2D eigenvalue weighted by Gasteiger charge is 2.18. The molecule has 0 fully saturated rings. The summed E-state index contributed by atoms with van der Waals surface area (Å²) >= 11 is 1.45. The zero-order valence-electron chi connectivity index (χ0n) is 13.0. The minimum absolute atomic E-state index is 0.191. The molecule has 5 nitrogen and oxygen atoms in total. The second-order valence-electron chi connectivity index (χ2n) is 5.10. The molecule has 0 aliphatic carbocycles. The molecule has 2 amide bonds. The number of hydrogen-bond donors (Lipinski definition) is 2. The van der Waals surface area contributed by atoms with Gasteiger partial charge >= 0.3 is 0 Å². The van der Waals surface area contributed by atoms with Gasteiger partial charge in [-0.2, -0.15) is 11.3 Å². The second-order valence-corrected chi connectivity index (χ2v) is 5.88. The maximum absolute atomic E-state index is 11.9. The first kappa shape index (κ1) is 17.0. The quantitative estimate of drug-likeness (QED) is 0.778. The van der Waals surface area contributed by atoms with Crippen molar-refractivity contribution >= 4 is 23.2 Å². The van der Waals surface area contributed by atoms with Gasteiger partial charge in [0.25, 0.3) is 5.91 Å². The van der Waals surface area contributed by atoms with Crippen LogP contribution in [0.5, 0.6) is 5.75 Å². The smallest absolute Gasteiger partial charge is 0.252 e. The lowest BCUT2D eigenvalue weighted by atomic mass is 9.98. The summed E-state index contributed by atoms with van der Waals surface area (Å²) in [5.74, 6) is -0.276. The van der Waals surface area contributed by atoms with E-state index in [4.69, 9.17) is 10.5 Å². The fourth-order valence-corrected chi connectivity index (χ4v) is 2.79. The summed E-state index contributed by atoms with van der Waals surface area (Å²) in [6, 6.07) is 9.27. The standard InChI is InChI=1S/C17H20N2O3S/c1-2-22-15-5-3-12(4-6-15)9-14(16(18)20)10-19-17(21)13-7-8-23-11-13/h3-8,11,14H,2,9-10H2,1H3,(H2,18,20)(H,19,21)/t14-/m1/s1. The van der Waals surface area contributed by atoms with E-state index in [0.29, 0.717) is 18.6 Å². The first-order valence-corrected chi connectivity index (χ1v) is 8.36. The van der Waals surface area contributed by atoms with E-state index in [1.54, 1.807) is 11.4 Å². The summed E-state index contributed by atoms with van der Waals surface area (Å²) < 4.78 is 5.39. The van der Waals surface area contributed by atoms with Gasteiger partial charge < -0.3 is 15.8 Å². The summed E-state index contributed by atoms with van der Waals surface area (Å²) in [5, 5.41) is 6.36. The Kier molecular flexibility index (Phi) is 6.17. The highest BCUT2D eigenvalue weighted by molar-refractivity contribution is 7.08. The van der Waals surface area contributed by atoms with Crippen LogP contribution in [0.25, 0.3) is 0 Å². The third kappa shape index (κ3) is 5.10. The fraction of sp³-hybridized carbons (Fsp3) is 0.294. The third-order valence-corrected chi connectivity index (χ3v) is 4.09. The highest BCUT2D eigenvalue weighted by atomic mass is 32.1. The molecule has 1 aromatic heterocycles. The lowest BCUT2D eigenvalue weighted by Gasteiger charge is -2.14. The van der Waals surface area contributed by atoms with Gasteiger partial charge in [-0.3, -0.25) is 9.59 Å². The highest BCUT2D eigenvalue weighted by Crippen LogP contribution is 2.15. The fourth-order valence-electron chi connectivity index (χ4n) is 2.16. The number of hydrogen-bond acceptors (Lipinski definition) is 4. The number of amides is 2. The van der Waals surface area contributed by atoms with Crippen LogP contribution in [0.2, 0.25) is 0 Å². The number of nitrogens with two attached hydrogens (primary N) is 1. The number of thiophene rings is 1. The van der Waals surface area contributed by atoms with Crippen LogP contribution in [0.1, 0.15) is 22.8 Å². The molecule has 0 bridgehead atoms. The summed E-state index contributed by atoms with van der Waals surface area (Å²) in [6.45, 7) is 2.75. The van der Waals surface area contributed by atoms with Crippen LogP contribution < -0.4 is 15.8 Å². The SMILES string of the molecule is CCOc1ccc(C[C@H](CNC(=O)c2ccsc2)C(N)=O)cc1. The van der Waals surface area contributed by atoms with E-state index >= 15 is 0 Å². The average molecular weight is 332 g/mol. The molecule has 0 saturated heterocycles. The molecule has 6 heteroatoms. The van der Waals surface area contributed by atoms with E-state index < -0.39 is 11.8 Å². The van der Waals surface area contributed by atoms with Crippen LogP contribution in [0.15, 0.2) is 41.1 Å². The molecule has 0 aliphatic heterocycles. The first-order valence-electron chi connectivity index (χ1n) is 7.41. The average Bonchev–Trinajstić information content (AvgIpc) is 3.07. The van der Waals surface area contributed by atoms with E-state index in [0.717, 1.165) is 11.3 Å². The number of rotatable bonds is 8. The summed E-state index contributed by atoms with van der Waals surface area (Å²) in [6.07, 6.45) is 0.478. The van der Waals surface area contributed by atoms with Gasteiger partial charge in [-0.05, 0) is 42.5 Å².